The smallest absolute Gasteiger partial charge is 0.254 e. The molecule has 2 aromatic rings. The Hall–Kier alpha value is -1.67. The molecule has 0 aliphatic heterocycles. The summed E-state index contributed by atoms with van der Waals surface area (Å²) in [7, 11) is 0. The van der Waals surface area contributed by atoms with Crippen LogP contribution in [0.15, 0.2) is 36.4 Å². The number of nitrogens with one attached hydrogen (secondary N) is 1. The van der Waals surface area contributed by atoms with Gasteiger partial charge in [0.2, 0.25) is 0 Å². The van der Waals surface area contributed by atoms with Crippen molar-refractivity contribution in [2.75, 3.05) is 12.3 Å². The number of thioether (sulfide) groups is 1. The quantitative estimate of drug-likeness (QED) is 0.731. The van der Waals surface area contributed by atoms with Crippen LogP contribution < -0.4 is 5.32 Å². The van der Waals surface area contributed by atoms with Crippen molar-refractivity contribution < 1.29 is 4.79 Å². The summed E-state index contributed by atoms with van der Waals surface area (Å²) in [5.74, 6) is 1.18. The third-order valence-electron chi connectivity index (χ3n) is 3.45. The van der Waals surface area contributed by atoms with E-state index in [1.807, 2.05) is 25.1 Å². The maximum atomic E-state index is 12.1. The molecule has 0 heterocycles. The summed E-state index contributed by atoms with van der Waals surface area (Å²) < 4.78 is 0. The van der Waals surface area contributed by atoms with E-state index < -0.39 is 0 Å². The van der Waals surface area contributed by atoms with E-state index in [4.69, 9.17) is 23.2 Å². The minimum absolute atomic E-state index is 0.278. The number of nitriles is 1. The van der Waals surface area contributed by atoms with Crippen LogP contribution in [-0.4, -0.2) is 18.2 Å². The number of hydrogen-bond donors (Lipinski definition) is 1. The number of halogens is 2. The summed E-state index contributed by atoms with van der Waals surface area (Å²) in [6.07, 6.45) is 0. The molecule has 0 unspecified atom stereocenters. The summed E-state index contributed by atoms with van der Waals surface area (Å²) in [6.45, 7) is 2.43. The topological polar surface area (TPSA) is 52.9 Å². The highest BCUT2D eigenvalue weighted by Crippen LogP contribution is 2.24. The molecular formula is C18H16Cl2N2OS. The second-order valence-corrected chi connectivity index (χ2v) is 7.05. The largest absolute Gasteiger partial charge is 0.351 e. The van der Waals surface area contributed by atoms with Gasteiger partial charge in [-0.2, -0.15) is 17.0 Å². The van der Waals surface area contributed by atoms with Gasteiger partial charge in [0.05, 0.1) is 27.2 Å². The Morgan fingerprint density at radius 3 is 2.54 bits per heavy atom. The van der Waals surface area contributed by atoms with Gasteiger partial charge < -0.3 is 5.32 Å². The number of hydrogen-bond acceptors (Lipinski definition) is 3. The van der Waals surface area contributed by atoms with Crippen LogP contribution in [0.1, 0.15) is 27.0 Å². The van der Waals surface area contributed by atoms with Gasteiger partial charge in [-0.3, -0.25) is 4.79 Å². The average Bonchev–Trinajstić information content (AvgIpc) is 2.54. The third kappa shape index (κ3) is 4.67. The van der Waals surface area contributed by atoms with Gasteiger partial charge in [-0.15, -0.1) is 0 Å². The monoisotopic (exact) mass is 378 g/mol. The number of carbonyl (C=O) groups is 1. The minimum Gasteiger partial charge on any atom is -0.351 e. The van der Waals surface area contributed by atoms with Gasteiger partial charge in [0, 0.05) is 18.1 Å². The van der Waals surface area contributed by atoms with E-state index in [1.54, 1.807) is 30.0 Å². The lowest BCUT2D eigenvalue weighted by atomic mass is 10.0. The zero-order valence-corrected chi connectivity index (χ0v) is 15.4. The van der Waals surface area contributed by atoms with Gasteiger partial charge in [0.25, 0.3) is 5.91 Å². The summed E-state index contributed by atoms with van der Waals surface area (Å²) >= 11 is 13.7. The molecule has 0 aromatic heterocycles. The summed E-state index contributed by atoms with van der Waals surface area (Å²) in [6, 6.07) is 13.1. The van der Waals surface area contributed by atoms with Crippen molar-refractivity contribution in [2.45, 2.75) is 12.7 Å². The predicted octanol–water partition coefficient (Wildman–Crippen LogP) is 4.84. The molecule has 0 radical (unpaired) electrons. The molecule has 0 bridgehead atoms. The maximum absolute atomic E-state index is 12.1. The number of rotatable bonds is 6. The highest BCUT2D eigenvalue weighted by molar-refractivity contribution is 7.98. The Balaban J connectivity index is 1.83. The Morgan fingerprint density at radius 1 is 1.21 bits per heavy atom. The standard InChI is InChI=1S/C18H16Cl2N2OS/c1-12-4-2-5-13(14(12)10-21)11-24-9-8-22-18(23)17-15(19)6-3-7-16(17)20/h2-7H,8-9,11H2,1H3,(H,22,23). The first kappa shape index (κ1) is 18.7. The molecule has 0 fully saturated rings. The summed E-state index contributed by atoms with van der Waals surface area (Å²) in [4.78, 5) is 12.1. The molecule has 1 N–H and O–H groups in total. The summed E-state index contributed by atoms with van der Waals surface area (Å²) in [5.41, 5.74) is 3.04. The predicted molar refractivity (Wildman–Crippen MR) is 101 cm³/mol. The van der Waals surface area contributed by atoms with E-state index in [-0.39, 0.29) is 5.91 Å². The van der Waals surface area contributed by atoms with Crippen LogP contribution in [0.3, 0.4) is 0 Å². The van der Waals surface area contributed by atoms with Gasteiger partial charge in [-0.05, 0) is 30.2 Å². The van der Waals surface area contributed by atoms with Gasteiger partial charge in [0.1, 0.15) is 0 Å². The number of benzene rings is 2. The fourth-order valence-electron chi connectivity index (χ4n) is 2.23. The van der Waals surface area contributed by atoms with Gasteiger partial charge in [-0.25, -0.2) is 0 Å². The molecule has 0 aliphatic rings. The SMILES string of the molecule is Cc1cccc(CSCCNC(=O)c2c(Cl)cccc2Cl)c1C#N. The van der Waals surface area contributed by atoms with Crippen molar-refractivity contribution >= 4 is 40.9 Å². The molecule has 2 rings (SSSR count). The Labute approximate surface area is 156 Å². The second kappa shape index (κ2) is 8.98. The normalized spacial score (nSPS) is 10.2. The molecule has 2 aromatic carbocycles. The van der Waals surface area contributed by atoms with E-state index in [9.17, 15) is 10.1 Å². The third-order valence-corrected chi connectivity index (χ3v) is 5.09. The molecule has 0 aliphatic carbocycles. The lowest BCUT2D eigenvalue weighted by Crippen LogP contribution is -2.26. The number of amides is 1. The first-order valence-corrected chi connectivity index (χ1v) is 9.24. The van der Waals surface area contributed by atoms with Crippen molar-refractivity contribution in [3.05, 3.63) is 68.7 Å². The highest BCUT2D eigenvalue weighted by atomic mass is 35.5. The number of nitrogens with zero attached hydrogens (tertiary/aromatic N) is 1. The van der Waals surface area contributed by atoms with E-state index in [0.29, 0.717) is 22.2 Å². The van der Waals surface area contributed by atoms with E-state index in [1.165, 1.54) is 0 Å². The molecule has 6 heteroatoms. The first-order valence-electron chi connectivity index (χ1n) is 7.33. The van der Waals surface area contributed by atoms with Gasteiger partial charge in [0.15, 0.2) is 0 Å². The molecule has 1 amide bonds. The van der Waals surface area contributed by atoms with Gasteiger partial charge in [-0.1, -0.05) is 47.5 Å². The van der Waals surface area contributed by atoms with Gasteiger partial charge >= 0.3 is 0 Å². The molecule has 24 heavy (non-hydrogen) atoms. The second-order valence-electron chi connectivity index (χ2n) is 5.13. The molecule has 124 valence electrons. The zero-order valence-electron chi connectivity index (χ0n) is 13.1. The Bertz CT molecular complexity index is 767. The van der Waals surface area contributed by atoms with Crippen molar-refractivity contribution in [2.24, 2.45) is 0 Å². The van der Waals surface area contributed by atoms with Crippen molar-refractivity contribution in [1.82, 2.24) is 5.32 Å². The fraction of sp³-hybridized carbons (Fsp3) is 0.222. The molecule has 0 saturated heterocycles. The Morgan fingerprint density at radius 2 is 1.88 bits per heavy atom. The molecule has 0 spiro atoms. The average molecular weight is 379 g/mol. The van der Waals surface area contributed by atoms with Crippen molar-refractivity contribution in [3.8, 4) is 6.07 Å². The number of aryl methyl sites for hydroxylation is 1. The van der Waals surface area contributed by atoms with Crippen molar-refractivity contribution in [3.63, 3.8) is 0 Å². The maximum Gasteiger partial charge on any atom is 0.254 e. The van der Waals surface area contributed by atoms with Crippen LogP contribution in [0, 0.1) is 18.3 Å². The Kier molecular flexibility index (Phi) is 6.99. The van der Waals surface area contributed by atoms with Crippen LogP contribution in [-0.2, 0) is 5.75 Å². The van der Waals surface area contributed by atoms with Crippen LogP contribution >= 0.6 is 35.0 Å². The van der Waals surface area contributed by atoms with Crippen LogP contribution in [0.4, 0.5) is 0 Å². The molecule has 0 atom stereocenters. The van der Waals surface area contributed by atoms with E-state index >= 15 is 0 Å². The van der Waals surface area contributed by atoms with Crippen LogP contribution in [0.2, 0.25) is 10.0 Å². The molecular weight excluding hydrogens is 363 g/mol. The number of carbonyl (C=O) groups excluding carboxylic acids is 1. The summed E-state index contributed by atoms with van der Waals surface area (Å²) in [5, 5.41) is 12.7. The highest BCUT2D eigenvalue weighted by Gasteiger charge is 2.13. The first-order chi connectivity index (χ1) is 11.5. The lowest BCUT2D eigenvalue weighted by Gasteiger charge is -2.09. The van der Waals surface area contributed by atoms with Crippen molar-refractivity contribution in [1.29, 1.82) is 5.26 Å². The molecule has 3 nitrogen and oxygen atoms in total. The van der Waals surface area contributed by atoms with Crippen LogP contribution in [0.5, 0.6) is 0 Å². The fourth-order valence-corrected chi connectivity index (χ4v) is 3.65. The van der Waals surface area contributed by atoms with E-state index in [2.05, 4.69) is 11.4 Å². The minimum atomic E-state index is -0.278. The van der Waals surface area contributed by atoms with Crippen LogP contribution in [0.25, 0.3) is 0 Å². The van der Waals surface area contributed by atoms with E-state index in [0.717, 1.165) is 28.2 Å². The molecule has 0 saturated carbocycles. The zero-order chi connectivity index (χ0) is 17.5. The lowest BCUT2D eigenvalue weighted by molar-refractivity contribution is 0.0956.